The van der Waals surface area contributed by atoms with Crippen LogP contribution < -0.4 is 0 Å². The number of benzene rings is 2. The van der Waals surface area contributed by atoms with Crippen molar-refractivity contribution in [2.24, 2.45) is 0 Å². The molecule has 0 saturated carbocycles. The summed E-state index contributed by atoms with van der Waals surface area (Å²) in [6.45, 7) is 2.05. The molecule has 0 bridgehead atoms. The van der Waals surface area contributed by atoms with E-state index in [0.29, 0.717) is 5.89 Å². The van der Waals surface area contributed by atoms with Crippen LogP contribution in [0, 0.1) is 6.92 Å². The Bertz CT molecular complexity index is 701. The van der Waals surface area contributed by atoms with E-state index in [-0.39, 0.29) is 0 Å². The van der Waals surface area contributed by atoms with Crippen LogP contribution in [0.3, 0.4) is 0 Å². The Morgan fingerprint density at radius 1 is 1.00 bits per heavy atom. The number of halogens is 1. The highest BCUT2D eigenvalue weighted by atomic mass is 79.9. The molecule has 0 amide bonds. The number of rotatable bonds is 2. The first-order valence-corrected chi connectivity index (χ1v) is 6.81. The lowest BCUT2D eigenvalue weighted by atomic mass is 10.1. The highest BCUT2D eigenvalue weighted by Crippen LogP contribution is 2.28. The van der Waals surface area contributed by atoms with Crippen molar-refractivity contribution in [1.29, 1.82) is 0 Å². The minimum atomic E-state index is 0.663. The predicted octanol–water partition coefficient (Wildman–Crippen LogP) is 5.08. The summed E-state index contributed by atoms with van der Waals surface area (Å²) in [5.41, 5.74) is 3.22. The molecule has 2 nitrogen and oxygen atoms in total. The smallest absolute Gasteiger partial charge is 0.226 e. The topological polar surface area (TPSA) is 26.0 Å². The molecule has 0 N–H and O–H groups in total. The zero-order chi connectivity index (χ0) is 13.2. The van der Waals surface area contributed by atoms with Crippen LogP contribution in [0.5, 0.6) is 0 Å². The van der Waals surface area contributed by atoms with Gasteiger partial charge in [-0.3, -0.25) is 0 Å². The number of hydrogen-bond donors (Lipinski definition) is 0. The zero-order valence-corrected chi connectivity index (χ0v) is 12.0. The molecular weight excluding hydrogens is 302 g/mol. The Hall–Kier alpha value is -1.87. The van der Waals surface area contributed by atoms with Gasteiger partial charge in [0.1, 0.15) is 0 Å². The van der Waals surface area contributed by atoms with Crippen molar-refractivity contribution in [3.63, 3.8) is 0 Å². The maximum atomic E-state index is 5.85. The van der Waals surface area contributed by atoms with Gasteiger partial charge < -0.3 is 4.42 Å². The Balaban J connectivity index is 2.00. The van der Waals surface area contributed by atoms with Gasteiger partial charge in [0.15, 0.2) is 5.76 Å². The van der Waals surface area contributed by atoms with Crippen molar-refractivity contribution >= 4 is 15.9 Å². The van der Waals surface area contributed by atoms with Crippen molar-refractivity contribution in [3.8, 4) is 22.8 Å². The molecule has 3 heteroatoms. The van der Waals surface area contributed by atoms with Crippen molar-refractivity contribution in [2.45, 2.75) is 6.92 Å². The molecule has 0 unspecified atom stereocenters. The average Bonchev–Trinajstić information content (AvgIpc) is 2.89. The van der Waals surface area contributed by atoms with Crippen LogP contribution in [0.15, 0.2) is 63.6 Å². The van der Waals surface area contributed by atoms with Gasteiger partial charge in [-0.25, -0.2) is 4.98 Å². The average molecular weight is 314 g/mol. The molecular formula is C16H12BrNO. The van der Waals surface area contributed by atoms with Gasteiger partial charge in [-0.1, -0.05) is 46.3 Å². The molecule has 3 rings (SSSR count). The monoisotopic (exact) mass is 313 g/mol. The molecule has 1 aromatic heterocycles. The molecule has 0 radical (unpaired) electrons. The molecule has 3 aromatic rings. The minimum Gasteiger partial charge on any atom is -0.436 e. The normalized spacial score (nSPS) is 10.6. The summed E-state index contributed by atoms with van der Waals surface area (Å²) < 4.78 is 6.90. The standard InChI is InChI=1S/C16H12BrNO/c1-11-4-2-3-5-14(11)16-18-10-15(19-16)12-6-8-13(17)9-7-12/h2-10H,1H3. The molecule has 1 heterocycles. The number of hydrogen-bond acceptors (Lipinski definition) is 2. The van der Waals surface area contributed by atoms with Crippen LogP contribution in [0.1, 0.15) is 5.56 Å². The highest BCUT2D eigenvalue weighted by molar-refractivity contribution is 9.10. The van der Waals surface area contributed by atoms with Crippen LogP contribution in [0.4, 0.5) is 0 Å². The zero-order valence-electron chi connectivity index (χ0n) is 10.4. The number of aromatic nitrogens is 1. The predicted molar refractivity (Wildman–Crippen MR) is 79.8 cm³/mol. The van der Waals surface area contributed by atoms with Crippen molar-refractivity contribution in [1.82, 2.24) is 4.98 Å². The van der Waals surface area contributed by atoms with Crippen LogP contribution in [0.25, 0.3) is 22.8 Å². The second-order valence-corrected chi connectivity index (χ2v) is 5.27. The fraction of sp³-hybridized carbons (Fsp3) is 0.0625. The Morgan fingerprint density at radius 3 is 2.47 bits per heavy atom. The van der Waals surface area contributed by atoms with Crippen molar-refractivity contribution < 1.29 is 4.42 Å². The van der Waals surface area contributed by atoms with Gasteiger partial charge in [-0.05, 0) is 30.7 Å². The van der Waals surface area contributed by atoms with E-state index in [0.717, 1.165) is 26.9 Å². The highest BCUT2D eigenvalue weighted by Gasteiger charge is 2.09. The number of nitrogens with zero attached hydrogens (tertiary/aromatic N) is 1. The fourth-order valence-corrected chi connectivity index (χ4v) is 2.22. The van der Waals surface area contributed by atoms with E-state index in [4.69, 9.17) is 4.42 Å². The SMILES string of the molecule is Cc1ccccc1-c1ncc(-c2ccc(Br)cc2)o1. The molecule has 0 aliphatic rings. The molecule has 0 aliphatic heterocycles. The van der Waals surface area contributed by atoms with Gasteiger partial charge in [0.05, 0.1) is 6.20 Å². The third-order valence-corrected chi connectivity index (χ3v) is 3.54. The second-order valence-electron chi connectivity index (χ2n) is 4.35. The van der Waals surface area contributed by atoms with Gasteiger partial charge >= 0.3 is 0 Å². The van der Waals surface area contributed by atoms with Gasteiger partial charge in [0.25, 0.3) is 0 Å². The van der Waals surface area contributed by atoms with E-state index in [1.54, 1.807) is 6.20 Å². The van der Waals surface area contributed by atoms with E-state index >= 15 is 0 Å². The summed E-state index contributed by atoms with van der Waals surface area (Å²) in [6, 6.07) is 16.1. The minimum absolute atomic E-state index is 0.663. The largest absolute Gasteiger partial charge is 0.436 e. The maximum absolute atomic E-state index is 5.85. The fourth-order valence-electron chi connectivity index (χ4n) is 1.96. The first kappa shape index (κ1) is 12.2. The summed E-state index contributed by atoms with van der Waals surface area (Å²) in [5.74, 6) is 1.45. The van der Waals surface area contributed by atoms with E-state index < -0.39 is 0 Å². The van der Waals surface area contributed by atoms with Crippen LogP contribution in [0.2, 0.25) is 0 Å². The van der Waals surface area contributed by atoms with Crippen molar-refractivity contribution in [2.75, 3.05) is 0 Å². The number of aryl methyl sites for hydroxylation is 1. The lowest BCUT2D eigenvalue weighted by Crippen LogP contribution is -1.81. The summed E-state index contributed by atoms with van der Waals surface area (Å²) in [4.78, 5) is 4.37. The summed E-state index contributed by atoms with van der Waals surface area (Å²) in [6.07, 6.45) is 1.77. The first-order valence-electron chi connectivity index (χ1n) is 6.02. The van der Waals surface area contributed by atoms with Gasteiger partial charge in [-0.15, -0.1) is 0 Å². The van der Waals surface area contributed by atoms with Gasteiger partial charge in [-0.2, -0.15) is 0 Å². The Morgan fingerprint density at radius 2 is 1.74 bits per heavy atom. The molecule has 94 valence electrons. The molecule has 0 saturated heterocycles. The van der Waals surface area contributed by atoms with E-state index in [9.17, 15) is 0 Å². The van der Waals surface area contributed by atoms with Crippen molar-refractivity contribution in [3.05, 3.63) is 64.8 Å². The molecule has 19 heavy (non-hydrogen) atoms. The van der Waals surface area contributed by atoms with Crippen LogP contribution in [-0.4, -0.2) is 4.98 Å². The Kier molecular flexibility index (Phi) is 3.22. The molecule has 0 fully saturated rings. The van der Waals surface area contributed by atoms with Crippen LogP contribution >= 0.6 is 15.9 Å². The number of oxazole rings is 1. The molecule has 0 aliphatic carbocycles. The summed E-state index contributed by atoms with van der Waals surface area (Å²) >= 11 is 3.42. The van der Waals surface area contributed by atoms with Crippen LogP contribution in [-0.2, 0) is 0 Å². The van der Waals surface area contributed by atoms with Gasteiger partial charge in [0.2, 0.25) is 5.89 Å². The third kappa shape index (κ3) is 2.47. The molecule has 0 atom stereocenters. The second kappa shape index (κ2) is 5.02. The van der Waals surface area contributed by atoms with E-state index in [2.05, 4.69) is 33.9 Å². The lowest BCUT2D eigenvalue weighted by Gasteiger charge is -2.00. The van der Waals surface area contributed by atoms with E-state index in [1.165, 1.54) is 0 Å². The molecule has 2 aromatic carbocycles. The Labute approximate surface area is 120 Å². The molecule has 0 spiro atoms. The summed E-state index contributed by atoms with van der Waals surface area (Å²) in [5, 5.41) is 0. The first-order chi connectivity index (χ1) is 9.24. The maximum Gasteiger partial charge on any atom is 0.226 e. The lowest BCUT2D eigenvalue weighted by molar-refractivity contribution is 0.588. The third-order valence-electron chi connectivity index (χ3n) is 3.01. The van der Waals surface area contributed by atoms with Gasteiger partial charge in [0, 0.05) is 15.6 Å². The van der Waals surface area contributed by atoms with E-state index in [1.807, 2.05) is 42.5 Å². The quantitative estimate of drug-likeness (QED) is 0.659. The summed E-state index contributed by atoms with van der Waals surface area (Å²) in [7, 11) is 0.